The first-order valence-electron chi connectivity index (χ1n) is 18.5. The smallest absolute Gasteiger partial charge is 0.164 e. The molecule has 281 valence electrons. The standard InChI is InChI=1S/C29H27N2OS2.C15H28O2.Ir/c1-15(2)11-22-16(3)19-7-8-20-23-24(30-14-31-28(23)34-27(20)25(19)32-22)18-12-17-9-10-33-26(17)21(13-18)29(4,5)6;1-7-14(5,8-2)12(16)11-13(17)15(6,9-3)10-4;/h7-10,13-15H,11H2,1-6H3;11,16H,7-10H2,1-6H3;/q-1;;/b;12-11-;. The Hall–Kier alpha value is -2.90. The number of allylic oxidation sites excluding steroid dienone is 2. The predicted octanol–water partition coefficient (Wildman–Crippen LogP) is 13.7. The molecule has 0 atom stereocenters. The summed E-state index contributed by atoms with van der Waals surface area (Å²) in [7, 11) is 0. The van der Waals surface area contributed by atoms with Crippen molar-refractivity contribution in [2.24, 2.45) is 16.7 Å². The minimum Gasteiger partial charge on any atom is -0.512 e. The van der Waals surface area contributed by atoms with Crippen LogP contribution in [0, 0.1) is 29.7 Å². The molecule has 5 nitrogen and oxygen atoms in total. The van der Waals surface area contributed by atoms with E-state index < -0.39 is 0 Å². The van der Waals surface area contributed by atoms with E-state index in [-0.39, 0.29) is 47.9 Å². The van der Waals surface area contributed by atoms with E-state index in [2.05, 4.69) is 82.2 Å². The van der Waals surface area contributed by atoms with Gasteiger partial charge in [-0.15, -0.1) is 34.9 Å². The molecule has 4 aromatic heterocycles. The van der Waals surface area contributed by atoms with Gasteiger partial charge in [-0.2, -0.15) is 11.3 Å². The molecule has 0 saturated heterocycles. The average molecular weight is 916 g/mol. The van der Waals surface area contributed by atoms with Gasteiger partial charge in [0.2, 0.25) is 0 Å². The largest absolute Gasteiger partial charge is 0.512 e. The minimum atomic E-state index is -0.337. The van der Waals surface area contributed by atoms with Gasteiger partial charge in [0.05, 0.1) is 4.70 Å². The summed E-state index contributed by atoms with van der Waals surface area (Å²) in [6.45, 7) is 25.5. The van der Waals surface area contributed by atoms with E-state index in [1.165, 1.54) is 27.3 Å². The molecule has 8 heteroatoms. The Balaban J connectivity index is 0.000000289. The van der Waals surface area contributed by atoms with Crippen LogP contribution in [0.3, 0.4) is 0 Å². The summed E-state index contributed by atoms with van der Waals surface area (Å²) in [6.07, 6.45) is 7.39. The zero-order chi connectivity index (χ0) is 37.5. The third kappa shape index (κ3) is 7.97. The molecule has 0 bridgehead atoms. The van der Waals surface area contributed by atoms with Crippen molar-refractivity contribution < 1.29 is 34.4 Å². The van der Waals surface area contributed by atoms with E-state index in [1.807, 2.05) is 41.5 Å². The normalized spacial score (nSPS) is 12.9. The maximum Gasteiger partial charge on any atom is 0.164 e. The fourth-order valence-corrected chi connectivity index (χ4v) is 8.74. The molecular weight excluding hydrogens is 861 g/mol. The number of thiophene rings is 2. The number of carbonyl (C=O) groups excluding carboxylic acids is 1. The Morgan fingerprint density at radius 1 is 0.942 bits per heavy atom. The predicted molar refractivity (Wildman–Crippen MR) is 219 cm³/mol. The fourth-order valence-electron chi connectivity index (χ4n) is 6.54. The second-order valence-electron chi connectivity index (χ2n) is 16.0. The van der Waals surface area contributed by atoms with Crippen LogP contribution in [-0.2, 0) is 36.7 Å². The molecule has 0 fully saturated rings. The van der Waals surface area contributed by atoms with E-state index >= 15 is 0 Å². The van der Waals surface area contributed by atoms with Crippen LogP contribution in [0.15, 0.2) is 52.2 Å². The van der Waals surface area contributed by atoms with E-state index in [9.17, 15) is 9.90 Å². The minimum absolute atomic E-state index is 0. The van der Waals surface area contributed by atoms with Crippen LogP contribution in [-0.4, -0.2) is 20.9 Å². The van der Waals surface area contributed by atoms with Gasteiger partial charge in [-0.05, 0) is 59.6 Å². The number of aliphatic hydroxyl groups excluding tert-OH is 1. The molecule has 0 aliphatic carbocycles. The number of hydrogen-bond acceptors (Lipinski definition) is 7. The van der Waals surface area contributed by atoms with Gasteiger partial charge in [-0.3, -0.25) is 9.78 Å². The van der Waals surface area contributed by atoms with Crippen molar-refractivity contribution in [3.63, 3.8) is 0 Å². The van der Waals surface area contributed by atoms with Gasteiger partial charge in [0.25, 0.3) is 0 Å². The van der Waals surface area contributed by atoms with Crippen molar-refractivity contribution in [2.45, 2.75) is 121 Å². The molecular formula is C44H55IrN2O3S2-. The molecule has 52 heavy (non-hydrogen) atoms. The fraction of sp³-hybridized carbons (Fsp3) is 0.477. The molecule has 6 aromatic rings. The zero-order valence-corrected chi connectivity index (χ0v) is 37.0. The van der Waals surface area contributed by atoms with Crippen LogP contribution < -0.4 is 0 Å². The van der Waals surface area contributed by atoms with Crippen LogP contribution in [0.4, 0.5) is 0 Å². The van der Waals surface area contributed by atoms with Gasteiger partial charge in [-0.25, -0.2) is 4.98 Å². The Morgan fingerprint density at radius 2 is 1.58 bits per heavy atom. The van der Waals surface area contributed by atoms with Crippen LogP contribution in [0.1, 0.15) is 119 Å². The molecule has 1 N–H and O–H groups in total. The SMILES string of the molecule is CCC(C)(CC)C(=O)/C=C(\O)C(C)(CC)CC.Cc1c(CC(C)C)oc2c1ccc1c2sc2ncnc(-c3[c-]c4ccsc4c(C(C)(C)C)c3)c21.[Ir]. The molecule has 2 aromatic carbocycles. The van der Waals surface area contributed by atoms with Gasteiger partial charge in [0.15, 0.2) is 11.4 Å². The van der Waals surface area contributed by atoms with E-state index in [4.69, 9.17) is 9.40 Å². The molecule has 0 unspecified atom stereocenters. The first kappa shape index (κ1) is 41.8. The van der Waals surface area contributed by atoms with Crippen molar-refractivity contribution in [1.29, 1.82) is 0 Å². The van der Waals surface area contributed by atoms with Crippen molar-refractivity contribution >= 4 is 69.8 Å². The van der Waals surface area contributed by atoms with Crippen LogP contribution in [0.2, 0.25) is 0 Å². The molecule has 0 aliphatic heterocycles. The van der Waals surface area contributed by atoms with Crippen molar-refractivity contribution in [2.75, 3.05) is 0 Å². The number of carbonyl (C=O) groups is 1. The summed E-state index contributed by atoms with van der Waals surface area (Å²) in [5, 5.41) is 16.9. The van der Waals surface area contributed by atoms with Gasteiger partial charge in [-0.1, -0.05) is 99.4 Å². The van der Waals surface area contributed by atoms with Gasteiger partial charge in [0, 0.05) is 65.3 Å². The van der Waals surface area contributed by atoms with Crippen LogP contribution in [0.5, 0.6) is 0 Å². The van der Waals surface area contributed by atoms with Crippen LogP contribution >= 0.6 is 22.7 Å². The summed E-state index contributed by atoms with van der Waals surface area (Å²) in [5.41, 5.74) is 4.96. The summed E-state index contributed by atoms with van der Waals surface area (Å²) >= 11 is 3.49. The number of aryl methyl sites for hydroxylation is 1. The van der Waals surface area contributed by atoms with Crippen molar-refractivity contribution in [3.05, 3.63) is 70.8 Å². The first-order chi connectivity index (χ1) is 24.0. The number of nitrogens with zero attached hydrogens (tertiary/aromatic N) is 2. The quantitative estimate of drug-likeness (QED) is 0.0842. The Labute approximate surface area is 331 Å². The van der Waals surface area contributed by atoms with Gasteiger partial charge >= 0.3 is 0 Å². The second-order valence-corrected chi connectivity index (χ2v) is 17.9. The molecule has 0 aliphatic rings. The van der Waals surface area contributed by atoms with E-state index in [0.29, 0.717) is 5.92 Å². The number of hydrogen-bond donors (Lipinski definition) is 1. The Bertz CT molecular complexity index is 2220. The van der Waals surface area contributed by atoms with Gasteiger partial charge < -0.3 is 9.52 Å². The molecule has 1 radical (unpaired) electrons. The Morgan fingerprint density at radius 3 is 2.17 bits per heavy atom. The third-order valence-corrected chi connectivity index (χ3v) is 13.2. The third-order valence-electron chi connectivity index (χ3n) is 11.2. The molecule has 4 heterocycles. The average Bonchev–Trinajstić information content (AvgIpc) is 3.82. The molecule has 0 saturated carbocycles. The van der Waals surface area contributed by atoms with E-state index in [1.54, 1.807) is 29.0 Å². The number of rotatable bonds is 10. The maximum atomic E-state index is 12.2. The number of fused-ring (bicyclic) bond motifs is 6. The first-order valence-corrected chi connectivity index (χ1v) is 20.2. The number of ketones is 1. The van der Waals surface area contributed by atoms with Crippen LogP contribution in [0.25, 0.3) is 52.6 Å². The number of aromatic nitrogens is 2. The zero-order valence-electron chi connectivity index (χ0n) is 33.0. The summed E-state index contributed by atoms with van der Waals surface area (Å²) < 4.78 is 8.93. The van der Waals surface area contributed by atoms with E-state index in [0.717, 1.165) is 80.4 Å². The number of aliphatic hydroxyl groups is 1. The maximum absolute atomic E-state index is 12.2. The molecule has 6 rings (SSSR count). The number of benzene rings is 2. The monoisotopic (exact) mass is 916 g/mol. The summed E-state index contributed by atoms with van der Waals surface area (Å²) in [4.78, 5) is 22.6. The topological polar surface area (TPSA) is 76.2 Å². The summed E-state index contributed by atoms with van der Waals surface area (Å²) in [5.74, 6) is 1.93. The Kier molecular flexibility index (Phi) is 13.1. The van der Waals surface area contributed by atoms with Crippen molar-refractivity contribution in [1.82, 2.24) is 9.97 Å². The van der Waals surface area contributed by atoms with Gasteiger partial charge in [0.1, 0.15) is 22.7 Å². The number of furan rings is 1. The molecule has 0 amide bonds. The summed E-state index contributed by atoms with van der Waals surface area (Å²) in [6, 6.07) is 12.5. The molecule has 0 spiro atoms. The van der Waals surface area contributed by atoms with Crippen molar-refractivity contribution in [3.8, 4) is 11.3 Å². The second kappa shape index (κ2) is 16.2.